The third kappa shape index (κ3) is 1.30. The van der Waals surface area contributed by atoms with Crippen LogP contribution >= 0.6 is 0 Å². The summed E-state index contributed by atoms with van der Waals surface area (Å²) in [5.74, 6) is 1.13. The molecule has 5 rings (SSSR count). The van der Waals surface area contributed by atoms with E-state index in [1.807, 2.05) is 23.7 Å². The number of hydrogen-bond donors (Lipinski definition) is 0. The molecule has 0 aliphatic carbocycles. The maximum atomic E-state index is 4.84. The average Bonchev–Trinajstić information content (AvgIpc) is 3.10. The lowest BCUT2D eigenvalue weighted by Crippen LogP contribution is -2.30. The quantitative estimate of drug-likeness (QED) is 0.358. The molecule has 108 valence electrons. The van der Waals surface area contributed by atoms with Crippen LogP contribution in [0.15, 0.2) is 24.3 Å². The van der Waals surface area contributed by atoms with Crippen molar-refractivity contribution < 1.29 is 9.14 Å². The van der Waals surface area contributed by atoms with Gasteiger partial charge in [0.2, 0.25) is 5.65 Å². The predicted octanol–water partition coefficient (Wildman–Crippen LogP) is 1.85. The Morgan fingerprint density at radius 1 is 1.14 bits per heavy atom. The molecule has 4 heteroatoms. The first-order valence-electron chi connectivity index (χ1n) is 7.64. The van der Waals surface area contributed by atoms with Crippen LogP contribution in [-0.4, -0.2) is 26.9 Å². The normalized spacial score (nSPS) is 15.4. The van der Waals surface area contributed by atoms with Crippen molar-refractivity contribution in [1.29, 1.82) is 0 Å². The smallest absolute Gasteiger partial charge is 0.255 e. The van der Waals surface area contributed by atoms with E-state index in [9.17, 15) is 0 Å². The summed E-state index contributed by atoms with van der Waals surface area (Å²) < 4.78 is 6.71. The molecule has 0 radical (unpaired) electrons. The van der Waals surface area contributed by atoms with E-state index >= 15 is 0 Å². The zero-order valence-corrected chi connectivity index (χ0v) is 13.0. The summed E-state index contributed by atoms with van der Waals surface area (Å²) in [5.41, 5.74) is 9.01. The third-order valence-corrected chi connectivity index (χ3v) is 5.02. The van der Waals surface area contributed by atoms with Crippen molar-refractivity contribution in [3.63, 3.8) is 0 Å². The number of aryl methyl sites for hydroxylation is 1. The first-order valence-corrected chi connectivity index (χ1v) is 7.64. The van der Waals surface area contributed by atoms with Crippen LogP contribution in [0, 0.1) is 6.20 Å². The summed E-state index contributed by atoms with van der Waals surface area (Å²) in [7, 11) is 4.21. The minimum atomic E-state index is 0.907. The fourth-order valence-corrected chi connectivity index (χ4v) is 3.88. The Bertz CT molecular complexity index is 1010. The van der Waals surface area contributed by atoms with Gasteiger partial charge in [0.05, 0.1) is 19.9 Å². The molecule has 0 N–H and O–H groups in total. The van der Waals surface area contributed by atoms with Crippen molar-refractivity contribution in [2.45, 2.75) is 19.8 Å². The molecule has 0 fully saturated rings. The fourth-order valence-electron chi connectivity index (χ4n) is 3.88. The van der Waals surface area contributed by atoms with Crippen molar-refractivity contribution in [1.82, 2.24) is 9.55 Å². The lowest BCUT2D eigenvalue weighted by atomic mass is 10.0. The van der Waals surface area contributed by atoms with Gasteiger partial charge >= 0.3 is 0 Å². The average molecular weight is 289 g/mol. The summed E-state index contributed by atoms with van der Waals surface area (Å²) in [5, 5.41) is 0. The van der Waals surface area contributed by atoms with Crippen LogP contribution in [0.2, 0.25) is 0 Å². The molecule has 22 heavy (non-hydrogen) atoms. The van der Waals surface area contributed by atoms with Gasteiger partial charge in [-0.1, -0.05) is 12.1 Å². The highest BCUT2D eigenvalue weighted by molar-refractivity contribution is 5.88. The highest BCUT2D eigenvalue weighted by Gasteiger charge is 2.38. The standard InChI is InChI=1S/C18H17N4/c1-11-9-12-6-7-13-10-15-19-14-5-4-8-20(2)18(14)22(15)17(13)16(12)21(11)3/h4-7H,9-10H2,1-3H3/q+1. The minimum absolute atomic E-state index is 0.907. The lowest BCUT2D eigenvalue weighted by Gasteiger charge is -2.07. The Labute approximate surface area is 129 Å². The number of aromatic nitrogens is 3. The minimum Gasteiger partial charge on any atom is -0.342 e. The molecule has 1 aromatic carbocycles. The summed E-state index contributed by atoms with van der Waals surface area (Å²) >= 11 is 0. The summed E-state index contributed by atoms with van der Waals surface area (Å²) in [6.45, 7) is 2.21. The molecule has 2 aliphatic rings. The molecule has 2 aliphatic heterocycles. The molecule has 0 spiro atoms. The van der Waals surface area contributed by atoms with E-state index in [1.165, 1.54) is 28.2 Å². The summed E-state index contributed by atoms with van der Waals surface area (Å²) in [6, 6.07) is 8.53. The second-order valence-electron chi connectivity index (χ2n) is 6.32. The van der Waals surface area contributed by atoms with Crippen LogP contribution in [0.4, 0.5) is 5.69 Å². The molecule has 0 saturated carbocycles. The van der Waals surface area contributed by atoms with Crippen LogP contribution < -0.4 is 4.57 Å². The Morgan fingerprint density at radius 3 is 2.82 bits per heavy atom. The largest absolute Gasteiger partial charge is 0.342 e. The lowest BCUT2D eigenvalue weighted by molar-refractivity contribution is -0.651. The number of benzene rings is 1. The van der Waals surface area contributed by atoms with E-state index in [2.05, 4.69) is 41.4 Å². The molecule has 0 bridgehead atoms. The van der Waals surface area contributed by atoms with Gasteiger partial charge in [0.25, 0.3) is 5.69 Å². The zero-order valence-electron chi connectivity index (χ0n) is 13.0. The topological polar surface area (TPSA) is 24.7 Å². The van der Waals surface area contributed by atoms with Crippen LogP contribution in [0.25, 0.3) is 16.9 Å². The molecular formula is C18H17N4+. The van der Waals surface area contributed by atoms with Crippen LogP contribution in [0.5, 0.6) is 0 Å². The van der Waals surface area contributed by atoms with Gasteiger partial charge in [0.15, 0.2) is 17.2 Å². The first-order chi connectivity index (χ1) is 10.6. The summed E-state index contributed by atoms with van der Waals surface area (Å²) in [6.07, 6.45) is 5.19. The van der Waals surface area contributed by atoms with E-state index in [1.54, 1.807) is 0 Å². The van der Waals surface area contributed by atoms with Gasteiger partial charge in [0.1, 0.15) is 7.05 Å². The van der Waals surface area contributed by atoms with Crippen molar-refractivity contribution >= 4 is 22.6 Å². The molecule has 0 amide bonds. The van der Waals surface area contributed by atoms with Gasteiger partial charge in [-0.05, 0) is 0 Å². The highest BCUT2D eigenvalue weighted by Crippen LogP contribution is 2.41. The number of hydrogen-bond acceptors (Lipinski definition) is 1. The van der Waals surface area contributed by atoms with Gasteiger partial charge in [-0.25, -0.2) is 9.55 Å². The van der Waals surface area contributed by atoms with Crippen LogP contribution in [0.1, 0.15) is 23.9 Å². The van der Waals surface area contributed by atoms with Gasteiger partial charge in [-0.3, -0.25) is 0 Å². The molecule has 4 nitrogen and oxygen atoms in total. The molecule has 0 unspecified atom stereocenters. The van der Waals surface area contributed by atoms with E-state index in [0.29, 0.717) is 0 Å². The second kappa shape index (κ2) is 3.83. The molecule has 2 aromatic heterocycles. The van der Waals surface area contributed by atoms with E-state index in [4.69, 9.17) is 4.98 Å². The van der Waals surface area contributed by atoms with Gasteiger partial charge in [-0.15, -0.1) is 12.1 Å². The monoisotopic (exact) mass is 289 g/mol. The van der Waals surface area contributed by atoms with E-state index in [-0.39, 0.29) is 0 Å². The number of nitrogens with zero attached hydrogens (tertiary/aromatic N) is 4. The molecular weight excluding hydrogens is 272 g/mol. The van der Waals surface area contributed by atoms with E-state index in [0.717, 1.165) is 29.8 Å². The first kappa shape index (κ1) is 12.1. The number of rotatable bonds is 0. The Hall–Kier alpha value is -2.49. The maximum absolute atomic E-state index is 4.84. The third-order valence-electron chi connectivity index (χ3n) is 5.02. The molecule has 0 atom stereocenters. The van der Waals surface area contributed by atoms with Gasteiger partial charge < -0.3 is 4.57 Å². The SMILES string of the molecule is CC1=[N+](C)c2c(ccc3c2-n2c(nc4cc[c-][n+](C)c42)C3)C1. The predicted molar refractivity (Wildman–Crippen MR) is 84.1 cm³/mol. The highest BCUT2D eigenvalue weighted by atomic mass is 15.2. The van der Waals surface area contributed by atoms with Crippen molar-refractivity contribution in [3.8, 4) is 5.69 Å². The maximum Gasteiger partial charge on any atom is 0.255 e. The summed E-state index contributed by atoms with van der Waals surface area (Å²) in [4.78, 5) is 4.84. The number of pyridine rings is 1. The Morgan fingerprint density at radius 2 is 1.95 bits per heavy atom. The Kier molecular flexibility index (Phi) is 2.10. The van der Waals surface area contributed by atoms with Crippen LogP contribution in [0.3, 0.4) is 0 Å². The van der Waals surface area contributed by atoms with Crippen molar-refractivity contribution in [3.05, 3.63) is 47.4 Å². The zero-order chi connectivity index (χ0) is 15.0. The van der Waals surface area contributed by atoms with Crippen molar-refractivity contribution in [2.75, 3.05) is 7.05 Å². The fraction of sp³-hybridized carbons (Fsp3) is 0.278. The Balaban J connectivity index is 1.94. The molecule has 0 saturated heterocycles. The van der Waals surface area contributed by atoms with Gasteiger partial charge in [-0.2, -0.15) is 4.58 Å². The van der Waals surface area contributed by atoms with Crippen LogP contribution in [-0.2, 0) is 19.9 Å². The van der Waals surface area contributed by atoms with E-state index < -0.39 is 0 Å². The van der Waals surface area contributed by atoms with Gasteiger partial charge in [0, 0.05) is 29.8 Å². The number of imidazole rings is 1. The number of fused-ring (bicyclic) bond motifs is 7. The molecule has 3 aromatic rings. The molecule has 4 heterocycles. The van der Waals surface area contributed by atoms with Crippen molar-refractivity contribution in [2.24, 2.45) is 7.05 Å². The second-order valence-corrected chi connectivity index (χ2v) is 6.32.